The second-order valence-electron chi connectivity index (χ2n) is 4.54. The van der Waals surface area contributed by atoms with Gasteiger partial charge in [0.25, 0.3) is 0 Å². The Labute approximate surface area is 118 Å². The Kier molecular flexibility index (Phi) is 4.29. The largest absolute Gasteiger partial charge is 0.419 e. The Balaban J connectivity index is 2.34. The van der Waals surface area contributed by atoms with Gasteiger partial charge in [0, 0.05) is 0 Å². The Hall–Kier alpha value is -1.92. The molecule has 0 bridgehead atoms. The minimum absolute atomic E-state index is 0.208. The summed E-state index contributed by atoms with van der Waals surface area (Å²) in [5.74, 6) is -1.42. The average Bonchev–Trinajstić information content (AvgIpc) is 2.46. The van der Waals surface area contributed by atoms with Gasteiger partial charge in [-0.3, -0.25) is 0 Å². The van der Waals surface area contributed by atoms with Crippen LogP contribution in [0.2, 0.25) is 0 Å². The molecule has 2 N–H and O–H groups in total. The number of aliphatic hydroxyl groups is 2. The minimum atomic E-state index is -4.86. The summed E-state index contributed by atoms with van der Waals surface area (Å²) in [6.45, 7) is 0. The van der Waals surface area contributed by atoms with Crippen LogP contribution in [0.5, 0.6) is 0 Å². The molecule has 0 saturated heterocycles. The molecule has 0 spiro atoms. The van der Waals surface area contributed by atoms with E-state index in [0.717, 1.165) is 6.07 Å². The molecule has 6 heteroatoms. The number of hydrogen-bond donors (Lipinski definition) is 2. The average molecular weight is 300 g/mol. The van der Waals surface area contributed by atoms with E-state index in [0.29, 0.717) is 17.7 Å². The van der Waals surface area contributed by atoms with Crippen molar-refractivity contribution in [3.63, 3.8) is 0 Å². The van der Waals surface area contributed by atoms with Crippen molar-refractivity contribution in [2.75, 3.05) is 0 Å². The molecule has 0 aromatic heterocycles. The maximum absolute atomic E-state index is 13.2. The van der Waals surface area contributed by atoms with Gasteiger partial charge in [-0.1, -0.05) is 36.4 Å². The first kappa shape index (κ1) is 15.5. The molecule has 21 heavy (non-hydrogen) atoms. The van der Waals surface area contributed by atoms with E-state index in [-0.39, 0.29) is 5.56 Å². The lowest BCUT2D eigenvalue weighted by atomic mass is 9.97. The van der Waals surface area contributed by atoms with Gasteiger partial charge in [0.05, 0.1) is 5.56 Å². The van der Waals surface area contributed by atoms with Crippen molar-refractivity contribution in [2.24, 2.45) is 0 Å². The van der Waals surface area contributed by atoms with Crippen LogP contribution in [0.4, 0.5) is 17.6 Å². The smallest absolute Gasteiger partial charge is 0.385 e. The van der Waals surface area contributed by atoms with Crippen LogP contribution in [0.3, 0.4) is 0 Å². The quantitative estimate of drug-likeness (QED) is 0.850. The van der Waals surface area contributed by atoms with E-state index in [1.165, 1.54) is 12.1 Å². The van der Waals surface area contributed by atoms with Gasteiger partial charge in [-0.15, -0.1) is 0 Å². The minimum Gasteiger partial charge on any atom is -0.385 e. The van der Waals surface area contributed by atoms with Crippen LogP contribution >= 0.6 is 0 Å². The lowest BCUT2D eigenvalue weighted by Gasteiger charge is -2.20. The van der Waals surface area contributed by atoms with Crippen LogP contribution in [0.25, 0.3) is 0 Å². The molecular formula is C15H12F4O2. The predicted octanol–water partition coefficient (Wildman–Crippen LogP) is 3.61. The van der Waals surface area contributed by atoms with Crippen LogP contribution < -0.4 is 0 Å². The standard InChI is InChI=1S/C15H12F4O2/c16-12-7-6-10(8-11(12)15(17,18)19)14(21)13(20)9-4-2-1-3-5-9/h1-8,13-14,20-21H. The van der Waals surface area contributed by atoms with Crippen LogP contribution in [-0.4, -0.2) is 10.2 Å². The summed E-state index contributed by atoms with van der Waals surface area (Å²) in [7, 11) is 0. The molecule has 0 fully saturated rings. The molecule has 2 nitrogen and oxygen atoms in total. The number of aliphatic hydroxyl groups excluding tert-OH is 2. The molecule has 0 aliphatic carbocycles. The molecule has 2 aromatic carbocycles. The maximum Gasteiger partial charge on any atom is 0.419 e. The van der Waals surface area contributed by atoms with Gasteiger partial charge < -0.3 is 10.2 Å². The summed E-state index contributed by atoms with van der Waals surface area (Å²) < 4.78 is 51.1. The van der Waals surface area contributed by atoms with Crippen molar-refractivity contribution in [1.82, 2.24) is 0 Å². The Morgan fingerprint density at radius 3 is 1.95 bits per heavy atom. The van der Waals surface area contributed by atoms with Crippen molar-refractivity contribution < 1.29 is 27.8 Å². The molecule has 0 aliphatic rings. The van der Waals surface area contributed by atoms with Gasteiger partial charge in [-0.2, -0.15) is 13.2 Å². The SMILES string of the molecule is OC(c1ccccc1)C(O)c1ccc(F)c(C(F)(F)F)c1. The highest BCUT2D eigenvalue weighted by atomic mass is 19.4. The molecule has 112 valence electrons. The molecule has 2 unspecified atom stereocenters. The van der Waals surface area contributed by atoms with Gasteiger partial charge in [0.15, 0.2) is 0 Å². The molecular weight excluding hydrogens is 288 g/mol. The monoisotopic (exact) mass is 300 g/mol. The summed E-state index contributed by atoms with van der Waals surface area (Å²) >= 11 is 0. The molecule has 0 aliphatic heterocycles. The normalized spacial score (nSPS) is 14.8. The number of alkyl halides is 3. The fraction of sp³-hybridized carbons (Fsp3) is 0.200. The van der Waals surface area contributed by atoms with Gasteiger partial charge in [-0.05, 0) is 23.3 Å². The zero-order chi connectivity index (χ0) is 15.6. The van der Waals surface area contributed by atoms with Gasteiger partial charge in [0.1, 0.15) is 18.0 Å². The highest BCUT2D eigenvalue weighted by molar-refractivity contribution is 5.31. The van der Waals surface area contributed by atoms with Gasteiger partial charge in [0.2, 0.25) is 0 Å². The highest BCUT2D eigenvalue weighted by Gasteiger charge is 2.35. The van der Waals surface area contributed by atoms with E-state index in [4.69, 9.17) is 0 Å². The fourth-order valence-electron chi connectivity index (χ4n) is 1.96. The van der Waals surface area contributed by atoms with Crippen molar-refractivity contribution in [2.45, 2.75) is 18.4 Å². The maximum atomic E-state index is 13.2. The zero-order valence-corrected chi connectivity index (χ0v) is 10.7. The summed E-state index contributed by atoms with van der Waals surface area (Å²) in [5.41, 5.74) is -1.33. The molecule has 0 amide bonds. The molecule has 0 saturated carbocycles. The Morgan fingerprint density at radius 1 is 0.810 bits per heavy atom. The molecule has 2 aromatic rings. The molecule has 0 radical (unpaired) electrons. The topological polar surface area (TPSA) is 40.5 Å². The van der Waals surface area contributed by atoms with Crippen LogP contribution in [0, 0.1) is 5.82 Å². The lowest BCUT2D eigenvalue weighted by Crippen LogP contribution is -2.13. The second-order valence-corrected chi connectivity index (χ2v) is 4.54. The summed E-state index contributed by atoms with van der Waals surface area (Å²) in [4.78, 5) is 0. The summed E-state index contributed by atoms with van der Waals surface area (Å²) in [6.07, 6.45) is -7.86. The first-order valence-corrected chi connectivity index (χ1v) is 6.08. The van der Waals surface area contributed by atoms with Crippen LogP contribution in [0.15, 0.2) is 48.5 Å². The van der Waals surface area contributed by atoms with E-state index in [9.17, 15) is 27.8 Å². The third-order valence-corrected chi connectivity index (χ3v) is 3.08. The second kappa shape index (κ2) is 5.83. The van der Waals surface area contributed by atoms with Crippen LogP contribution in [-0.2, 0) is 6.18 Å². The first-order chi connectivity index (χ1) is 9.80. The molecule has 0 heterocycles. The molecule has 2 atom stereocenters. The van der Waals surface area contributed by atoms with Crippen molar-refractivity contribution in [3.05, 3.63) is 71.0 Å². The van der Waals surface area contributed by atoms with Gasteiger partial charge in [-0.25, -0.2) is 4.39 Å². The number of rotatable bonds is 3. The predicted molar refractivity (Wildman–Crippen MR) is 67.8 cm³/mol. The van der Waals surface area contributed by atoms with Crippen molar-refractivity contribution in [1.29, 1.82) is 0 Å². The van der Waals surface area contributed by atoms with E-state index in [1.54, 1.807) is 18.2 Å². The van der Waals surface area contributed by atoms with Crippen LogP contribution in [0.1, 0.15) is 28.9 Å². The first-order valence-electron chi connectivity index (χ1n) is 6.08. The summed E-state index contributed by atoms with van der Waals surface area (Å²) in [5, 5.41) is 20.0. The van der Waals surface area contributed by atoms with E-state index in [1.807, 2.05) is 0 Å². The Bertz CT molecular complexity index is 611. The molecule has 2 rings (SSSR count). The van der Waals surface area contributed by atoms with E-state index in [2.05, 4.69) is 0 Å². The number of benzene rings is 2. The Morgan fingerprint density at radius 2 is 1.38 bits per heavy atom. The third kappa shape index (κ3) is 3.40. The zero-order valence-electron chi connectivity index (χ0n) is 10.7. The fourth-order valence-corrected chi connectivity index (χ4v) is 1.96. The van der Waals surface area contributed by atoms with Crippen molar-refractivity contribution >= 4 is 0 Å². The van der Waals surface area contributed by atoms with E-state index >= 15 is 0 Å². The number of halogens is 4. The summed E-state index contributed by atoms with van der Waals surface area (Å²) in [6, 6.07) is 10.1. The lowest BCUT2D eigenvalue weighted by molar-refractivity contribution is -0.140. The third-order valence-electron chi connectivity index (χ3n) is 3.08. The van der Waals surface area contributed by atoms with E-state index < -0.39 is 29.8 Å². The highest BCUT2D eigenvalue weighted by Crippen LogP contribution is 2.35. The number of hydrogen-bond acceptors (Lipinski definition) is 2. The van der Waals surface area contributed by atoms with Crippen molar-refractivity contribution in [3.8, 4) is 0 Å². The van der Waals surface area contributed by atoms with Gasteiger partial charge >= 0.3 is 6.18 Å².